The minimum absolute atomic E-state index is 0.203. The standard InChI is InChI=1S/C13H19NO5/c1-7-6-8(4-5-14-7)10(15)9-11(16)18-13(2,3)19-12(9)17/h7-9,14H,4-6H2,1-3H3. The number of esters is 2. The number of hydrogen-bond acceptors (Lipinski definition) is 6. The molecule has 6 nitrogen and oxygen atoms in total. The van der Waals surface area contributed by atoms with Gasteiger partial charge < -0.3 is 14.8 Å². The van der Waals surface area contributed by atoms with Crippen molar-refractivity contribution in [3.8, 4) is 0 Å². The summed E-state index contributed by atoms with van der Waals surface area (Å²) in [5.74, 6) is -4.95. The molecule has 2 rings (SSSR count). The molecule has 6 heteroatoms. The molecule has 0 aromatic carbocycles. The Hall–Kier alpha value is -1.43. The number of hydrogen-bond donors (Lipinski definition) is 1. The van der Waals surface area contributed by atoms with Crippen LogP contribution >= 0.6 is 0 Å². The van der Waals surface area contributed by atoms with Crippen LogP contribution in [0.4, 0.5) is 0 Å². The van der Waals surface area contributed by atoms with Crippen LogP contribution in [-0.2, 0) is 23.9 Å². The van der Waals surface area contributed by atoms with Gasteiger partial charge in [0.2, 0.25) is 5.92 Å². The molecular weight excluding hydrogens is 250 g/mol. The van der Waals surface area contributed by atoms with Gasteiger partial charge in [-0.15, -0.1) is 0 Å². The number of carbonyl (C=O) groups excluding carboxylic acids is 3. The van der Waals surface area contributed by atoms with E-state index in [0.717, 1.165) is 0 Å². The first kappa shape index (κ1) is 14.0. The molecule has 0 amide bonds. The van der Waals surface area contributed by atoms with E-state index in [4.69, 9.17) is 9.47 Å². The van der Waals surface area contributed by atoms with E-state index in [1.807, 2.05) is 6.92 Å². The smallest absolute Gasteiger partial charge is 0.331 e. The van der Waals surface area contributed by atoms with Crippen LogP contribution in [0.1, 0.15) is 33.6 Å². The molecule has 2 atom stereocenters. The molecule has 2 saturated heterocycles. The van der Waals surface area contributed by atoms with Crippen LogP contribution in [0.25, 0.3) is 0 Å². The molecule has 106 valence electrons. The molecular formula is C13H19NO5. The van der Waals surface area contributed by atoms with Gasteiger partial charge in [-0.3, -0.25) is 14.4 Å². The van der Waals surface area contributed by atoms with Crippen LogP contribution < -0.4 is 5.32 Å². The van der Waals surface area contributed by atoms with Crippen LogP contribution in [0, 0.1) is 11.8 Å². The number of piperidine rings is 1. The predicted octanol–water partition coefficient (Wildman–Crippen LogP) is 0.396. The van der Waals surface area contributed by atoms with Crippen LogP contribution in [-0.4, -0.2) is 36.1 Å². The lowest BCUT2D eigenvalue weighted by molar-refractivity contribution is -0.238. The van der Waals surface area contributed by atoms with Gasteiger partial charge in [0.25, 0.3) is 5.79 Å². The van der Waals surface area contributed by atoms with E-state index < -0.39 is 23.6 Å². The van der Waals surface area contributed by atoms with Gasteiger partial charge in [0.1, 0.15) is 0 Å². The van der Waals surface area contributed by atoms with Crippen LogP contribution in [0.3, 0.4) is 0 Å². The largest absolute Gasteiger partial charge is 0.422 e. The van der Waals surface area contributed by atoms with E-state index >= 15 is 0 Å². The molecule has 0 spiro atoms. The molecule has 0 aliphatic carbocycles. The van der Waals surface area contributed by atoms with Crippen molar-refractivity contribution in [1.82, 2.24) is 5.32 Å². The fraction of sp³-hybridized carbons (Fsp3) is 0.769. The maximum atomic E-state index is 12.3. The van der Waals surface area contributed by atoms with Gasteiger partial charge in [-0.2, -0.15) is 0 Å². The normalized spacial score (nSPS) is 31.5. The van der Waals surface area contributed by atoms with Gasteiger partial charge in [0.05, 0.1) is 0 Å². The van der Waals surface area contributed by atoms with Crippen molar-refractivity contribution in [3.63, 3.8) is 0 Å². The summed E-state index contributed by atoms with van der Waals surface area (Å²) in [7, 11) is 0. The molecule has 0 aromatic rings. The minimum atomic E-state index is -1.41. The van der Waals surface area contributed by atoms with Gasteiger partial charge in [0.15, 0.2) is 5.78 Å². The highest BCUT2D eigenvalue weighted by Gasteiger charge is 2.49. The highest BCUT2D eigenvalue weighted by molar-refractivity contribution is 6.16. The molecule has 0 saturated carbocycles. The summed E-state index contributed by atoms with van der Waals surface area (Å²) in [5, 5.41) is 3.22. The molecule has 0 aromatic heterocycles. The van der Waals surface area contributed by atoms with E-state index in [9.17, 15) is 14.4 Å². The van der Waals surface area contributed by atoms with E-state index in [2.05, 4.69) is 5.32 Å². The number of cyclic esters (lactones) is 2. The van der Waals surface area contributed by atoms with Crippen LogP contribution in [0.5, 0.6) is 0 Å². The zero-order valence-corrected chi connectivity index (χ0v) is 11.4. The third-order valence-electron chi connectivity index (χ3n) is 3.47. The Morgan fingerprint density at radius 2 is 1.84 bits per heavy atom. The average Bonchev–Trinajstić information content (AvgIpc) is 2.25. The lowest BCUT2D eigenvalue weighted by Gasteiger charge is -2.34. The van der Waals surface area contributed by atoms with Crippen LogP contribution in [0.2, 0.25) is 0 Å². The first-order chi connectivity index (χ1) is 8.80. The molecule has 19 heavy (non-hydrogen) atoms. The van der Waals surface area contributed by atoms with Crippen molar-refractivity contribution in [1.29, 1.82) is 0 Å². The number of nitrogens with one attached hydrogen (secondary N) is 1. The van der Waals surface area contributed by atoms with E-state index in [1.54, 1.807) is 0 Å². The Labute approximate surface area is 111 Å². The molecule has 1 N–H and O–H groups in total. The second-order valence-electron chi connectivity index (χ2n) is 5.65. The Bertz CT molecular complexity index is 397. The third-order valence-corrected chi connectivity index (χ3v) is 3.47. The van der Waals surface area contributed by atoms with Gasteiger partial charge in [0, 0.05) is 25.8 Å². The summed E-state index contributed by atoms with van der Waals surface area (Å²) >= 11 is 0. The maximum absolute atomic E-state index is 12.3. The van der Waals surface area contributed by atoms with Gasteiger partial charge in [-0.05, 0) is 26.3 Å². The zero-order chi connectivity index (χ0) is 14.2. The predicted molar refractivity (Wildman–Crippen MR) is 64.9 cm³/mol. The number of Topliss-reactive ketones (excluding diaryl/α,β-unsaturated/α-hetero) is 1. The van der Waals surface area contributed by atoms with E-state index in [-0.39, 0.29) is 17.7 Å². The Kier molecular flexibility index (Phi) is 3.62. The number of carbonyl (C=O) groups is 3. The zero-order valence-electron chi connectivity index (χ0n) is 11.4. The average molecular weight is 269 g/mol. The SMILES string of the molecule is CC1CC(C(=O)C2C(=O)OC(C)(C)OC2=O)CCN1. The highest BCUT2D eigenvalue weighted by atomic mass is 16.7. The van der Waals surface area contributed by atoms with Crippen molar-refractivity contribution in [2.45, 2.75) is 45.4 Å². The second-order valence-corrected chi connectivity index (χ2v) is 5.65. The molecule has 2 heterocycles. The monoisotopic (exact) mass is 269 g/mol. The van der Waals surface area contributed by atoms with Crippen molar-refractivity contribution >= 4 is 17.7 Å². The fourth-order valence-electron chi connectivity index (χ4n) is 2.58. The summed E-state index contributed by atoms with van der Waals surface area (Å²) < 4.78 is 9.95. The number of rotatable bonds is 2. The lowest BCUT2D eigenvalue weighted by Crippen LogP contribution is -2.51. The minimum Gasteiger partial charge on any atom is -0.422 e. The summed E-state index contributed by atoms with van der Waals surface area (Å²) in [6.45, 7) is 5.62. The van der Waals surface area contributed by atoms with E-state index in [0.29, 0.717) is 19.4 Å². The molecule has 2 aliphatic heterocycles. The van der Waals surface area contributed by atoms with Crippen molar-refractivity contribution in [2.24, 2.45) is 11.8 Å². The topological polar surface area (TPSA) is 81.7 Å². The van der Waals surface area contributed by atoms with Gasteiger partial charge in [-0.1, -0.05) is 0 Å². The van der Waals surface area contributed by atoms with Crippen molar-refractivity contribution < 1.29 is 23.9 Å². The van der Waals surface area contributed by atoms with E-state index in [1.165, 1.54) is 13.8 Å². The highest BCUT2D eigenvalue weighted by Crippen LogP contribution is 2.28. The Morgan fingerprint density at radius 3 is 2.37 bits per heavy atom. The summed E-state index contributed by atoms with van der Waals surface area (Å²) in [6, 6.07) is 0.203. The molecule has 0 bridgehead atoms. The second kappa shape index (κ2) is 4.92. The summed E-state index contributed by atoms with van der Waals surface area (Å²) in [6.07, 6.45) is 1.25. The Balaban J connectivity index is 2.10. The third kappa shape index (κ3) is 2.94. The quantitative estimate of drug-likeness (QED) is 0.577. The van der Waals surface area contributed by atoms with Gasteiger partial charge >= 0.3 is 11.9 Å². The first-order valence-electron chi connectivity index (χ1n) is 6.53. The molecule has 2 aliphatic rings. The number of ether oxygens (including phenoxy) is 2. The maximum Gasteiger partial charge on any atom is 0.331 e. The van der Waals surface area contributed by atoms with Crippen LogP contribution in [0.15, 0.2) is 0 Å². The number of ketones is 1. The first-order valence-corrected chi connectivity index (χ1v) is 6.53. The van der Waals surface area contributed by atoms with Gasteiger partial charge in [-0.25, -0.2) is 0 Å². The molecule has 0 radical (unpaired) electrons. The summed E-state index contributed by atoms with van der Waals surface area (Å²) in [4.78, 5) is 36.0. The summed E-state index contributed by atoms with van der Waals surface area (Å²) in [5.41, 5.74) is 0. The fourth-order valence-corrected chi connectivity index (χ4v) is 2.58. The Morgan fingerprint density at radius 1 is 1.26 bits per heavy atom. The van der Waals surface area contributed by atoms with Crippen molar-refractivity contribution in [3.05, 3.63) is 0 Å². The van der Waals surface area contributed by atoms with Crippen molar-refractivity contribution in [2.75, 3.05) is 6.54 Å². The molecule has 2 fully saturated rings. The lowest BCUT2D eigenvalue weighted by atomic mass is 9.83. The molecule has 2 unspecified atom stereocenters.